The maximum absolute atomic E-state index is 13.7. The first-order valence-electron chi connectivity index (χ1n) is 7.20. The van der Waals surface area contributed by atoms with Crippen LogP contribution in [0.3, 0.4) is 0 Å². The van der Waals surface area contributed by atoms with E-state index in [1.54, 1.807) is 19.9 Å². The van der Waals surface area contributed by atoms with Gasteiger partial charge in [-0.2, -0.15) is 0 Å². The summed E-state index contributed by atoms with van der Waals surface area (Å²) in [4.78, 5) is 11.8. The van der Waals surface area contributed by atoms with Gasteiger partial charge in [-0.15, -0.1) is 5.10 Å². The minimum absolute atomic E-state index is 0.115. The van der Waals surface area contributed by atoms with E-state index in [1.165, 1.54) is 29.1 Å². The summed E-state index contributed by atoms with van der Waals surface area (Å²) in [6.45, 7) is 5.65. The number of hydrogen-bond acceptors (Lipinski definition) is 3. The van der Waals surface area contributed by atoms with E-state index < -0.39 is 11.6 Å². The molecule has 2 aromatic rings. The smallest absolute Gasteiger partial charge is 0.246 e. The number of hydrogen-bond donors (Lipinski definition) is 1. The quantitative estimate of drug-likeness (QED) is 0.862. The minimum atomic E-state index is -0.692. The summed E-state index contributed by atoms with van der Waals surface area (Å²) in [7, 11) is 0. The van der Waals surface area contributed by atoms with Crippen molar-refractivity contribution in [3.8, 4) is 11.3 Å². The molecule has 0 saturated heterocycles. The lowest BCUT2D eigenvalue weighted by Crippen LogP contribution is -2.36. The average Bonchev–Trinajstić information content (AvgIpc) is 2.94. The third-order valence-electron chi connectivity index (χ3n) is 3.39. The van der Waals surface area contributed by atoms with Crippen LogP contribution >= 0.6 is 0 Å². The number of halogens is 2. The molecule has 0 spiro atoms. The zero-order valence-corrected chi connectivity index (χ0v) is 13.2. The Kier molecular flexibility index (Phi) is 5.20. The molecule has 0 fully saturated rings. The Balaban J connectivity index is 2.10. The van der Waals surface area contributed by atoms with Crippen LogP contribution in [0, 0.1) is 11.6 Å². The number of carbonyl (C=O) groups excluding carboxylic acids is 1. The van der Waals surface area contributed by atoms with Crippen LogP contribution in [0.4, 0.5) is 8.78 Å². The summed E-state index contributed by atoms with van der Waals surface area (Å²) in [5.74, 6) is -1.55. The first kappa shape index (κ1) is 16.8. The highest BCUT2D eigenvalue weighted by atomic mass is 19.1. The summed E-state index contributed by atoms with van der Waals surface area (Å²) in [6, 6.07) is 3.41. The van der Waals surface area contributed by atoms with Gasteiger partial charge in [0, 0.05) is 11.6 Å². The summed E-state index contributed by atoms with van der Waals surface area (Å²) in [5, 5.41) is 10.5. The number of benzene rings is 1. The fourth-order valence-corrected chi connectivity index (χ4v) is 2.04. The van der Waals surface area contributed by atoms with E-state index in [1.807, 2.05) is 6.92 Å². The van der Waals surface area contributed by atoms with Crippen LogP contribution in [0.5, 0.6) is 0 Å². The number of nitrogens with zero attached hydrogens (tertiary/aromatic N) is 3. The largest absolute Gasteiger partial charge is 0.348 e. The molecule has 0 saturated carbocycles. The molecular formula is C16H18F2N4O. The zero-order chi connectivity index (χ0) is 17.0. The maximum Gasteiger partial charge on any atom is 0.246 e. The first-order valence-corrected chi connectivity index (χ1v) is 7.20. The molecule has 7 heteroatoms. The van der Waals surface area contributed by atoms with Gasteiger partial charge in [0.15, 0.2) is 0 Å². The van der Waals surface area contributed by atoms with Crippen LogP contribution in [-0.4, -0.2) is 26.9 Å². The Hall–Kier alpha value is -2.57. The van der Waals surface area contributed by atoms with Gasteiger partial charge in [-0.05, 0) is 32.9 Å². The van der Waals surface area contributed by atoms with Gasteiger partial charge >= 0.3 is 0 Å². The molecule has 122 valence electrons. The highest BCUT2D eigenvalue weighted by Gasteiger charge is 2.16. The number of carbonyl (C=O) groups is 1. The lowest BCUT2D eigenvalue weighted by molar-refractivity contribution is -0.118. The lowest BCUT2D eigenvalue weighted by atomic mass is 10.1. The van der Waals surface area contributed by atoms with E-state index in [4.69, 9.17) is 0 Å². The summed E-state index contributed by atoms with van der Waals surface area (Å²) < 4.78 is 28.9. The monoisotopic (exact) mass is 320 g/mol. The third-order valence-corrected chi connectivity index (χ3v) is 3.39. The van der Waals surface area contributed by atoms with Gasteiger partial charge in [-0.3, -0.25) is 4.79 Å². The molecule has 1 heterocycles. The van der Waals surface area contributed by atoms with Crippen molar-refractivity contribution in [2.75, 3.05) is 0 Å². The molecule has 0 bridgehead atoms. The molecule has 0 unspecified atom stereocenters. The maximum atomic E-state index is 13.7. The summed E-state index contributed by atoms with van der Waals surface area (Å²) >= 11 is 0. The van der Waals surface area contributed by atoms with Crippen molar-refractivity contribution in [1.82, 2.24) is 20.3 Å². The predicted molar refractivity (Wildman–Crippen MR) is 82.4 cm³/mol. The topological polar surface area (TPSA) is 59.8 Å². The van der Waals surface area contributed by atoms with Crippen LogP contribution in [-0.2, 0) is 11.3 Å². The number of nitrogens with one attached hydrogen (secondary N) is 1. The van der Waals surface area contributed by atoms with Crippen molar-refractivity contribution < 1.29 is 13.6 Å². The fraction of sp³-hybridized carbons (Fsp3) is 0.312. The Morgan fingerprint density at radius 1 is 1.39 bits per heavy atom. The number of amides is 1. The van der Waals surface area contributed by atoms with Crippen LogP contribution in [0.2, 0.25) is 0 Å². The Bertz CT molecular complexity index is 719. The van der Waals surface area contributed by atoms with Gasteiger partial charge in [-0.1, -0.05) is 17.4 Å². The fourth-order valence-electron chi connectivity index (χ4n) is 2.04. The Morgan fingerprint density at radius 2 is 2.04 bits per heavy atom. The van der Waals surface area contributed by atoms with Crippen LogP contribution in [0.25, 0.3) is 11.3 Å². The highest BCUT2D eigenvalue weighted by molar-refractivity contribution is 5.92. The molecule has 0 aliphatic carbocycles. The highest BCUT2D eigenvalue weighted by Crippen LogP contribution is 2.23. The van der Waals surface area contributed by atoms with Gasteiger partial charge < -0.3 is 5.32 Å². The van der Waals surface area contributed by atoms with E-state index in [2.05, 4.69) is 15.6 Å². The van der Waals surface area contributed by atoms with E-state index in [-0.39, 0.29) is 23.2 Å². The van der Waals surface area contributed by atoms with Crippen LogP contribution in [0.1, 0.15) is 20.8 Å². The lowest BCUT2D eigenvalue weighted by Gasteiger charge is -2.13. The minimum Gasteiger partial charge on any atom is -0.348 e. The number of aromatic nitrogens is 3. The van der Waals surface area contributed by atoms with Crippen molar-refractivity contribution in [1.29, 1.82) is 0 Å². The SMILES string of the molecule is C/C=C(\C)C(=O)N[C@@H](C)Cn1cc(-c2c(F)cccc2F)nn1. The van der Waals surface area contributed by atoms with Crippen molar-refractivity contribution in [3.63, 3.8) is 0 Å². The van der Waals surface area contributed by atoms with E-state index in [9.17, 15) is 13.6 Å². The molecule has 1 amide bonds. The molecule has 1 N–H and O–H groups in total. The third kappa shape index (κ3) is 4.00. The Morgan fingerprint density at radius 3 is 2.65 bits per heavy atom. The van der Waals surface area contributed by atoms with E-state index in [0.717, 1.165) is 0 Å². The van der Waals surface area contributed by atoms with Gasteiger partial charge in [0.05, 0.1) is 18.3 Å². The molecule has 5 nitrogen and oxygen atoms in total. The molecule has 2 rings (SSSR count). The molecule has 1 aromatic carbocycles. The molecule has 23 heavy (non-hydrogen) atoms. The van der Waals surface area contributed by atoms with E-state index in [0.29, 0.717) is 12.1 Å². The molecule has 0 aliphatic heterocycles. The first-order chi connectivity index (χ1) is 10.9. The number of rotatable bonds is 5. The molecule has 1 atom stereocenters. The Labute approximate surface area is 133 Å². The number of allylic oxidation sites excluding steroid dienone is 1. The van der Waals surface area contributed by atoms with Crippen LogP contribution < -0.4 is 5.32 Å². The van der Waals surface area contributed by atoms with Crippen molar-refractivity contribution in [2.45, 2.75) is 33.4 Å². The molecular weight excluding hydrogens is 302 g/mol. The van der Waals surface area contributed by atoms with Gasteiger partial charge in [0.25, 0.3) is 0 Å². The summed E-state index contributed by atoms with van der Waals surface area (Å²) in [5.41, 5.74) is 0.522. The van der Waals surface area contributed by atoms with Crippen LogP contribution in [0.15, 0.2) is 36.0 Å². The second-order valence-corrected chi connectivity index (χ2v) is 5.27. The second kappa shape index (κ2) is 7.13. The van der Waals surface area contributed by atoms with E-state index >= 15 is 0 Å². The van der Waals surface area contributed by atoms with Gasteiger partial charge in [-0.25, -0.2) is 13.5 Å². The van der Waals surface area contributed by atoms with Gasteiger partial charge in [0.1, 0.15) is 17.3 Å². The zero-order valence-electron chi connectivity index (χ0n) is 13.2. The van der Waals surface area contributed by atoms with Gasteiger partial charge in [0.2, 0.25) is 5.91 Å². The van der Waals surface area contributed by atoms with Crippen molar-refractivity contribution >= 4 is 5.91 Å². The second-order valence-electron chi connectivity index (χ2n) is 5.27. The predicted octanol–water partition coefficient (Wildman–Crippen LogP) is 2.69. The molecule has 1 aromatic heterocycles. The standard InChI is InChI=1S/C16H18F2N4O/c1-4-10(2)16(23)19-11(3)8-22-9-14(20-21-22)15-12(17)6-5-7-13(15)18/h4-7,9,11H,8H2,1-3H3,(H,19,23)/b10-4+/t11-/m0/s1. The average molecular weight is 320 g/mol. The van der Waals surface area contributed by atoms with Crippen molar-refractivity contribution in [2.24, 2.45) is 0 Å². The molecule has 0 aliphatic rings. The molecule has 0 radical (unpaired) electrons. The summed E-state index contributed by atoms with van der Waals surface area (Å²) in [6.07, 6.45) is 3.17. The normalized spacial score (nSPS) is 13.0. The van der Waals surface area contributed by atoms with Crippen molar-refractivity contribution in [3.05, 3.63) is 47.7 Å².